The summed E-state index contributed by atoms with van der Waals surface area (Å²) in [6.07, 6.45) is 2.49. The summed E-state index contributed by atoms with van der Waals surface area (Å²) in [7, 11) is 0. The third-order valence-electron chi connectivity index (χ3n) is 2.47. The Hall–Kier alpha value is -1.52. The van der Waals surface area contributed by atoms with Crippen LogP contribution in [0, 0.1) is 13.8 Å². The molecular formula is C9H16N4O. The summed E-state index contributed by atoms with van der Waals surface area (Å²) in [4.78, 5) is 4.17. The van der Waals surface area contributed by atoms with E-state index in [-0.39, 0.29) is 11.9 Å². The summed E-state index contributed by atoms with van der Waals surface area (Å²) < 4.78 is 1.92. The van der Waals surface area contributed by atoms with Gasteiger partial charge in [-0.15, -0.1) is 0 Å². The lowest BCUT2D eigenvalue weighted by Gasteiger charge is -2.16. The Kier molecular flexibility index (Phi) is 3.11. The second-order valence-corrected chi connectivity index (χ2v) is 3.27. The first-order valence-corrected chi connectivity index (χ1v) is 4.59. The largest absolute Gasteiger partial charge is 0.409 e. The van der Waals surface area contributed by atoms with Gasteiger partial charge in [0.1, 0.15) is 0 Å². The molecule has 0 aliphatic heterocycles. The second-order valence-electron chi connectivity index (χ2n) is 3.27. The first-order chi connectivity index (χ1) is 6.61. The van der Waals surface area contributed by atoms with Gasteiger partial charge in [-0.25, -0.2) is 4.98 Å². The summed E-state index contributed by atoms with van der Waals surface area (Å²) >= 11 is 0. The molecule has 1 aromatic rings. The van der Waals surface area contributed by atoms with Crippen LogP contribution in [0.25, 0.3) is 0 Å². The molecule has 1 unspecified atom stereocenters. The highest BCUT2D eigenvalue weighted by Gasteiger charge is 2.16. The fourth-order valence-electron chi connectivity index (χ4n) is 1.44. The molecule has 0 aliphatic carbocycles. The minimum atomic E-state index is -0.110. The van der Waals surface area contributed by atoms with Crippen LogP contribution in [0.2, 0.25) is 0 Å². The van der Waals surface area contributed by atoms with Crippen LogP contribution in [0.1, 0.15) is 30.8 Å². The highest BCUT2D eigenvalue weighted by molar-refractivity contribution is 5.83. The number of rotatable bonds is 3. The van der Waals surface area contributed by atoms with Gasteiger partial charge >= 0.3 is 0 Å². The lowest BCUT2D eigenvalue weighted by Crippen LogP contribution is -2.26. The Morgan fingerprint density at radius 1 is 1.71 bits per heavy atom. The van der Waals surface area contributed by atoms with Crippen molar-refractivity contribution in [3.63, 3.8) is 0 Å². The van der Waals surface area contributed by atoms with E-state index in [1.54, 1.807) is 6.33 Å². The molecule has 0 fully saturated rings. The number of aromatic nitrogens is 2. The van der Waals surface area contributed by atoms with Crippen molar-refractivity contribution in [1.29, 1.82) is 0 Å². The fourth-order valence-corrected chi connectivity index (χ4v) is 1.44. The van der Waals surface area contributed by atoms with E-state index >= 15 is 0 Å². The molecule has 0 spiro atoms. The maximum Gasteiger partial charge on any atom is 0.162 e. The van der Waals surface area contributed by atoms with Gasteiger partial charge in [0.05, 0.1) is 18.1 Å². The molecule has 5 nitrogen and oxygen atoms in total. The van der Waals surface area contributed by atoms with E-state index in [0.29, 0.717) is 0 Å². The Morgan fingerprint density at radius 2 is 2.36 bits per heavy atom. The van der Waals surface area contributed by atoms with Crippen LogP contribution in [-0.2, 0) is 0 Å². The van der Waals surface area contributed by atoms with Gasteiger partial charge in [-0.3, -0.25) is 0 Å². The summed E-state index contributed by atoms with van der Waals surface area (Å²) in [6.45, 7) is 5.89. The molecule has 0 bridgehead atoms. The van der Waals surface area contributed by atoms with E-state index < -0.39 is 0 Å². The van der Waals surface area contributed by atoms with Gasteiger partial charge in [-0.05, 0) is 20.3 Å². The second kappa shape index (κ2) is 4.13. The van der Waals surface area contributed by atoms with Crippen LogP contribution in [0.3, 0.4) is 0 Å². The molecule has 0 aromatic carbocycles. The zero-order valence-electron chi connectivity index (χ0n) is 8.73. The maximum atomic E-state index is 8.62. The molecule has 0 radical (unpaired) electrons. The maximum absolute atomic E-state index is 8.62. The molecule has 14 heavy (non-hydrogen) atoms. The highest BCUT2D eigenvalue weighted by atomic mass is 16.4. The van der Waals surface area contributed by atoms with Crippen LogP contribution in [0.5, 0.6) is 0 Å². The van der Waals surface area contributed by atoms with Crippen LogP contribution in [0.4, 0.5) is 0 Å². The number of aryl methyl sites for hydroxylation is 1. The van der Waals surface area contributed by atoms with Crippen LogP contribution >= 0.6 is 0 Å². The van der Waals surface area contributed by atoms with Gasteiger partial charge in [0.25, 0.3) is 0 Å². The number of oxime groups is 1. The zero-order chi connectivity index (χ0) is 10.7. The van der Waals surface area contributed by atoms with Gasteiger partial charge in [-0.1, -0.05) is 12.1 Å². The van der Waals surface area contributed by atoms with Crippen molar-refractivity contribution in [3.8, 4) is 0 Å². The lowest BCUT2D eigenvalue weighted by atomic mass is 10.2. The van der Waals surface area contributed by atoms with Crippen LogP contribution < -0.4 is 5.73 Å². The quantitative estimate of drug-likeness (QED) is 0.330. The summed E-state index contributed by atoms with van der Waals surface area (Å²) in [5.74, 6) is 0.216. The predicted molar refractivity (Wildman–Crippen MR) is 54.4 cm³/mol. The topological polar surface area (TPSA) is 76.4 Å². The highest BCUT2D eigenvalue weighted by Crippen LogP contribution is 2.16. The monoisotopic (exact) mass is 196 g/mol. The molecule has 0 saturated heterocycles. The normalized spacial score (nSPS) is 14.4. The number of hydrogen-bond donors (Lipinski definition) is 2. The van der Waals surface area contributed by atoms with Gasteiger partial charge < -0.3 is 15.5 Å². The van der Waals surface area contributed by atoms with E-state index in [9.17, 15) is 0 Å². The molecule has 0 amide bonds. The molecule has 0 saturated carbocycles. The SMILES string of the molecule is CCC(C(N)=NO)n1cnc(C)c1C. The van der Waals surface area contributed by atoms with Crippen LogP contribution in [-0.4, -0.2) is 20.6 Å². The molecule has 5 heteroatoms. The Balaban J connectivity index is 3.07. The number of nitrogens with zero attached hydrogens (tertiary/aromatic N) is 3. The van der Waals surface area contributed by atoms with E-state index in [1.165, 1.54) is 0 Å². The molecule has 1 atom stereocenters. The van der Waals surface area contributed by atoms with Gasteiger partial charge in [0.15, 0.2) is 5.84 Å². The van der Waals surface area contributed by atoms with Crippen molar-refractivity contribution in [2.45, 2.75) is 33.2 Å². The van der Waals surface area contributed by atoms with E-state index in [0.717, 1.165) is 17.8 Å². The fraction of sp³-hybridized carbons (Fsp3) is 0.556. The van der Waals surface area contributed by atoms with Crippen molar-refractivity contribution >= 4 is 5.84 Å². The van der Waals surface area contributed by atoms with Crippen LogP contribution in [0.15, 0.2) is 11.5 Å². The molecule has 1 rings (SSSR count). The van der Waals surface area contributed by atoms with Gasteiger partial charge in [0.2, 0.25) is 0 Å². The van der Waals surface area contributed by atoms with Gasteiger partial charge in [0, 0.05) is 5.69 Å². The molecule has 3 N–H and O–H groups in total. The Bertz CT molecular complexity index is 343. The summed E-state index contributed by atoms with van der Waals surface area (Å²) in [5.41, 5.74) is 7.60. The van der Waals surface area contributed by atoms with E-state index in [1.807, 2.05) is 25.3 Å². The molecule has 1 aromatic heterocycles. The number of nitrogens with two attached hydrogens (primary N) is 1. The van der Waals surface area contributed by atoms with E-state index in [2.05, 4.69) is 10.1 Å². The van der Waals surface area contributed by atoms with E-state index in [4.69, 9.17) is 10.9 Å². The zero-order valence-corrected chi connectivity index (χ0v) is 8.73. The third-order valence-corrected chi connectivity index (χ3v) is 2.47. The van der Waals surface area contributed by atoms with Crippen molar-refractivity contribution in [3.05, 3.63) is 17.7 Å². The number of hydrogen-bond acceptors (Lipinski definition) is 3. The Labute approximate surface area is 83.2 Å². The molecular weight excluding hydrogens is 180 g/mol. The van der Waals surface area contributed by atoms with Crippen molar-refractivity contribution in [2.75, 3.05) is 0 Å². The summed E-state index contributed by atoms with van der Waals surface area (Å²) in [5, 5.41) is 11.7. The summed E-state index contributed by atoms with van der Waals surface area (Å²) in [6, 6.07) is -0.110. The molecule has 1 heterocycles. The minimum Gasteiger partial charge on any atom is -0.409 e. The lowest BCUT2D eigenvalue weighted by molar-refractivity contribution is 0.313. The van der Waals surface area contributed by atoms with Crippen molar-refractivity contribution in [2.24, 2.45) is 10.9 Å². The first kappa shape index (κ1) is 10.6. The molecule has 78 valence electrons. The minimum absolute atomic E-state index is 0.110. The average Bonchev–Trinajstić information content (AvgIpc) is 2.50. The van der Waals surface area contributed by atoms with Gasteiger partial charge in [-0.2, -0.15) is 0 Å². The number of imidazole rings is 1. The Morgan fingerprint density at radius 3 is 2.71 bits per heavy atom. The average molecular weight is 196 g/mol. The first-order valence-electron chi connectivity index (χ1n) is 4.59. The third kappa shape index (κ3) is 1.71. The molecule has 0 aliphatic rings. The predicted octanol–water partition coefficient (Wildman–Crippen LogP) is 1.20. The van der Waals surface area contributed by atoms with Crippen molar-refractivity contribution < 1.29 is 5.21 Å². The standard InChI is InChI=1S/C9H16N4O/c1-4-8(9(10)12-14)13-5-11-6(2)7(13)3/h5,8,14H,4H2,1-3H3,(H2,10,12). The number of amidine groups is 1. The smallest absolute Gasteiger partial charge is 0.162 e. The van der Waals surface area contributed by atoms with Crippen molar-refractivity contribution in [1.82, 2.24) is 9.55 Å².